The number of aliphatic carboxylic acids is 1. The Morgan fingerprint density at radius 2 is 1.92 bits per heavy atom. The van der Waals surface area contributed by atoms with E-state index in [9.17, 15) is 22.8 Å². The Labute approximate surface area is 146 Å². The Morgan fingerprint density at radius 1 is 1.27 bits per heavy atom. The summed E-state index contributed by atoms with van der Waals surface area (Å²) in [7, 11) is 0. The molecule has 7 nitrogen and oxygen atoms in total. The lowest BCUT2D eigenvalue weighted by atomic mass is 10.0. The van der Waals surface area contributed by atoms with Crippen LogP contribution in [0.15, 0.2) is 30.5 Å². The third-order valence-electron chi connectivity index (χ3n) is 3.49. The first-order chi connectivity index (χ1) is 12.1. The number of halogens is 3. The van der Waals surface area contributed by atoms with Gasteiger partial charge >= 0.3 is 12.1 Å². The predicted octanol–water partition coefficient (Wildman–Crippen LogP) is 2.52. The van der Waals surface area contributed by atoms with Crippen molar-refractivity contribution in [3.63, 3.8) is 0 Å². The highest BCUT2D eigenvalue weighted by Gasteiger charge is 2.34. The van der Waals surface area contributed by atoms with Crippen LogP contribution in [0.4, 0.5) is 13.2 Å². The van der Waals surface area contributed by atoms with Crippen molar-refractivity contribution >= 4 is 11.9 Å². The molecule has 0 aliphatic heterocycles. The topological polar surface area (TPSA) is 97.1 Å². The summed E-state index contributed by atoms with van der Waals surface area (Å²) >= 11 is 0. The Bertz CT molecular complexity index is 802. The zero-order valence-corrected chi connectivity index (χ0v) is 14.0. The molecule has 0 fully saturated rings. The van der Waals surface area contributed by atoms with Crippen LogP contribution in [-0.4, -0.2) is 38.0 Å². The second-order valence-corrected chi connectivity index (χ2v) is 6.06. The molecule has 0 aliphatic rings. The van der Waals surface area contributed by atoms with Crippen LogP contribution in [0, 0.1) is 5.92 Å². The molecule has 1 heterocycles. The zero-order chi connectivity index (χ0) is 19.5. The number of hydrogen-bond acceptors (Lipinski definition) is 4. The molecule has 0 saturated heterocycles. The molecular weight excluding hydrogens is 353 g/mol. The maximum Gasteiger partial charge on any atom is 0.418 e. The predicted molar refractivity (Wildman–Crippen MR) is 84.7 cm³/mol. The Morgan fingerprint density at radius 3 is 2.50 bits per heavy atom. The molecule has 0 unspecified atom stereocenters. The van der Waals surface area contributed by atoms with E-state index in [0.29, 0.717) is 0 Å². The fraction of sp³-hybridized carbons (Fsp3) is 0.375. The molecule has 1 aromatic carbocycles. The first-order valence-electron chi connectivity index (χ1n) is 7.72. The number of nitrogens with zero attached hydrogens (tertiary/aromatic N) is 3. The Hall–Kier alpha value is -2.91. The van der Waals surface area contributed by atoms with Gasteiger partial charge in [-0.25, -0.2) is 9.48 Å². The Kier molecular flexibility index (Phi) is 5.63. The van der Waals surface area contributed by atoms with Gasteiger partial charge in [0.05, 0.1) is 17.4 Å². The molecule has 0 aliphatic carbocycles. The van der Waals surface area contributed by atoms with Crippen LogP contribution >= 0.6 is 0 Å². The summed E-state index contributed by atoms with van der Waals surface area (Å²) in [5, 5.41) is 18.5. The summed E-state index contributed by atoms with van der Waals surface area (Å²) in [5.41, 5.74) is -1.50. The lowest BCUT2D eigenvalue weighted by molar-refractivity contribution is -0.140. The highest BCUT2D eigenvalue weighted by atomic mass is 19.4. The van der Waals surface area contributed by atoms with Crippen molar-refractivity contribution in [2.45, 2.75) is 32.5 Å². The van der Waals surface area contributed by atoms with Crippen molar-refractivity contribution in [1.29, 1.82) is 0 Å². The van der Waals surface area contributed by atoms with E-state index in [2.05, 4.69) is 15.6 Å². The third-order valence-corrected chi connectivity index (χ3v) is 3.49. The molecule has 0 radical (unpaired) electrons. The number of carbonyl (C=O) groups excluding carboxylic acids is 1. The monoisotopic (exact) mass is 370 g/mol. The van der Waals surface area contributed by atoms with Gasteiger partial charge in [-0.3, -0.25) is 4.79 Å². The molecule has 0 saturated carbocycles. The zero-order valence-electron chi connectivity index (χ0n) is 14.0. The number of carboxylic acid groups (broad SMARTS) is 1. The lowest BCUT2D eigenvalue weighted by Gasteiger charge is -2.15. The van der Waals surface area contributed by atoms with E-state index in [1.807, 2.05) is 0 Å². The summed E-state index contributed by atoms with van der Waals surface area (Å²) in [6, 6.07) is 3.59. The summed E-state index contributed by atoms with van der Waals surface area (Å²) in [6.07, 6.45) is -3.38. The number of benzene rings is 1. The Balaban J connectivity index is 2.25. The van der Waals surface area contributed by atoms with Crippen molar-refractivity contribution in [1.82, 2.24) is 20.3 Å². The maximum atomic E-state index is 13.1. The molecule has 26 heavy (non-hydrogen) atoms. The molecule has 2 rings (SSSR count). The second kappa shape index (κ2) is 7.54. The quantitative estimate of drug-likeness (QED) is 0.814. The van der Waals surface area contributed by atoms with Crippen molar-refractivity contribution in [2.24, 2.45) is 5.92 Å². The molecule has 2 N–H and O–H groups in total. The van der Waals surface area contributed by atoms with E-state index in [4.69, 9.17) is 5.11 Å². The largest absolute Gasteiger partial charge is 0.480 e. The standard InChI is InChI=1S/C16H17F3N4O3/c1-9(2)7-11(15(25)26)20-14(24)12-8-23(22-21-12)13-6-4-3-5-10(13)16(17,18)19/h3-6,8-9,11H,7H2,1-2H3,(H,20,24)(H,25,26)/t11-/m0/s1. The van der Waals surface area contributed by atoms with Crippen molar-refractivity contribution < 1.29 is 27.9 Å². The molecule has 0 bridgehead atoms. The van der Waals surface area contributed by atoms with Crippen LogP contribution in [0.1, 0.15) is 36.3 Å². The van der Waals surface area contributed by atoms with Gasteiger partial charge in [-0.1, -0.05) is 31.2 Å². The molecule has 1 atom stereocenters. The van der Waals surface area contributed by atoms with Crippen molar-refractivity contribution in [3.05, 3.63) is 41.7 Å². The fourth-order valence-electron chi connectivity index (χ4n) is 2.32. The van der Waals surface area contributed by atoms with Crippen LogP contribution < -0.4 is 5.32 Å². The summed E-state index contributed by atoms with van der Waals surface area (Å²) in [5.74, 6) is -2.01. The minimum Gasteiger partial charge on any atom is -0.480 e. The smallest absolute Gasteiger partial charge is 0.418 e. The SMILES string of the molecule is CC(C)C[C@H](NC(=O)c1cn(-c2ccccc2C(F)(F)F)nn1)C(=O)O. The normalized spacial score (nSPS) is 12.8. The first kappa shape index (κ1) is 19.4. The maximum absolute atomic E-state index is 13.1. The first-order valence-corrected chi connectivity index (χ1v) is 7.72. The van der Waals surface area contributed by atoms with Gasteiger partial charge < -0.3 is 10.4 Å². The number of rotatable bonds is 6. The van der Waals surface area contributed by atoms with Gasteiger partial charge in [0.15, 0.2) is 5.69 Å². The molecule has 0 spiro atoms. The summed E-state index contributed by atoms with van der Waals surface area (Å²) in [6.45, 7) is 3.60. The van der Waals surface area contributed by atoms with E-state index >= 15 is 0 Å². The van der Waals surface area contributed by atoms with Crippen LogP contribution in [0.25, 0.3) is 5.69 Å². The summed E-state index contributed by atoms with van der Waals surface area (Å²) < 4.78 is 40.1. The average Bonchev–Trinajstić information content (AvgIpc) is 3.03. The van der Waals surface area contributed by atoms with Gasteiger partial charge in [-0.2, -0.15) is 13.2 Å². The van der Waals surface area contributed by atoms with Gasteiger partial charge in [0.25, 0.3) is 5.91 Å². The van der Waals surface area contributed by atoms with Gasteiger partial charge in [-0.15, -0.1) is 5.10 Å². The number of hydrogen-bond donors (Lipinski definition) is 2. The third kappa shape index (κ3) is 4.58. The summed E-state index contributed by atoms with van der Waals surface area (Å²) in [4.78, 5) is 23.4. The van der Waals surface area contributed by atoms with E-state index in [-0.39, 0.29) is 23.7 Å². The molecule has 10 heteroatoms. The lowest BCUT2D eigenvalue weighted by Crippen LogP contribution is -2.41. The van der Waals surface area contributed by atoms with Crippen LogP contribution in [0.2, 0.25) is 0 Å². The fourth-order valence-corrected chi connectivity index (χ4v) is 2.32. The molecular formula is C16H17F3N4O3. The van der Waals surface area contributed by atoms with Gasteiger partial charge in [-0.05, 0) is 24.5 Å². The molecule has 2 aromatic rings. The minimum absolute atomic E-state index is 0.0192. The van der Waals surface area contributed by atoms with E-state index < -0.39 is 29.7 Å². The second-order valence-electron chi connectivity index (χ2n) is 6.06. The minimum atomic E-state index is -4.60. The number of alkyl halides is 3. The van der Waals surface area contributed by atoms with E-state index in [0.717, 1.165) is 16.9 Å². The number of aromatic nitrogens is 3. The van der Waals surface area contributed by atoms with Gasteiger partial charge in [0.2, 0.25) is 0 Å². The average molecular weight is 370 g/mol. The molecule has 1 aromatic heterocycles. The van der Waals surface area contributed by atoms with E-state index in [1.165, 1.54) is 18.2 Å². The van der Waals surface area contributed by atoms with Crippen LogP contribution in [0.5, 0.6) is 0 Å². The molecule has 1 amide bonds. The van der Waals surface area contributed by atoms with Crippen LogP contribution in [0.3, 0.4) is 0 Å². The van der Waals surface area contributed by atoms with Crippen molar-refractivity contribution in [3.8, 4) is 5.69 Å². The van der Waals surface area contributed by atoms with Gasteiger partial charge in [0, 0.05) is 0 Å². The highest BCUT2D eigenvalue weighted by Crippen LogP contribution is 2.33. The van der Waals surface area contributed by atoms with Crippen LogP contribution in [-0.2, 0) is 11.0 Å². The van der Waals surface area contributed by atoms with E-state index in [1.54, 1.807) is 13.8 Å². The molecule has 140 valence electrons. The number of carbonyl (C=O) groups is 2. The van der Waals surface area contributed by atoms with Gasteiger partial charge in [0.1, 0.15) is 6.04 Å². The van der Waals surface area contributed by atoms with Crippen molar-refractivity contribution in [2.75, 3.05) is 0 Å². The number of carboxylic acids is 1. The highest BCUT2D eigenvalue weighted by molar-refractivity contribution is 5.94. The number of nitrogens with one attached hydrogen (secondary N) is 1. The number of amides is 1. The number of para-hydroxylation sites is 1.